The molecule has 96 valence electrons. The zero-order valence-electron chi connectivity index (χ0n) is 10.1. The molecular weight excluding hydrogens is 259 g/mol. The minimum atomic E-state index is -0.710. The van der Waals surface area contributed by atoms with E-state index in [0.717, 1.165) is 6.07 Å². The summed E-state index contributed by atoms with van der Waals surface area (Å²) in [5, 5.41) is 19.9. The van der Waals surface area contributed by atoms with E-state index in [9.17, 15) is 9.18 Å². The van der Waals surface area contributed by atoms with Gasteiger partial charge >= 0.3 is 0 Å². The van der Waals surface area contributed by atoms with Crippen LogP contribution in [0.1, 0.15) is 21.6 Å². The molecule has 0 unspecified atom stereocenters. The van der Waals surface area contributed by atoms with Crippen LogP contribution in [-0.2, 0) is 0 Å². The van der Waals surface area contributed by atoms with Crippen molar-refractivity contribution in [2.75, 3.05) is 5.32 Å². The van der Waals surface area contributed by atoms with E-state index in [1.54, 1.807) is 6.07 Å². The summed E-state index contributed by atoms with van der Waals surface area (Å²) in [6.45, 7) is 0. The highest BCUT2D eigenvalue weighted by Gasteiger charge is 2.12. The lowest BCUT2D eigenvalue weighted by atomic mass is 10.1. The van der Waals surface area contributed by atoms with Crippen molar-refractivity contribution >= 4 is 11.6 Å². The van der Waals surface area contributed by atoms with E-state index >= 15 is 0 Å². The number of rotatable bonds is 2. The van der Waals surface area contributed by atoms with Gasteiger partial charge in [0.2, 0.25) is 0 Å². The lowest BCUT2D eigenvalue weighted by Crippen LogP contribution is -2.14. The molecule has 0 aliphatic rings. The number of hydrogen-bond acceptors (Lipinski definition) is 4. The van der Waals surface area contributed by atoms with Gasteiger partial charge in [0.05, 0.1) is 11.3 Å². The number of anilines is 1. The fraction of sp³-hybridized carbons (Fsp3) is 0. The zero-order valence-corrected chi connectivity index (χ0v) is 10.1. The lowest BCUT2D eigenvalue weighted by Gasteiger charge is -2.06. The van der Waals surface area contributed by atoms with Gasteiger partial charge in [-0.3, -0.25) is 4.79 Å². The van der Waals surface area contributed by atoms with Crippen LogP contribution in [0.5, 0.6) is 0 Å². The Labute approximate surface area is 113 Å². The van der Waals surface area contributed by atoms with Crippen molar-refractivity contribution in [3.8, 4) is 12.1 Å². The Morgan fingerprint density at radius 2 is 2.00 bits per heavy atom. The maximum Gasteiger partial charge on any atom is 0.274 e. The van der Waals surface area contributed by atoms with E-state index < -0.39 is 11.7 Å². The summed E-state index contributed by atoms with van der Waals surface area (Å²) in [4.78, 5) is 15.7. The summed E-state index contributed by atoms with van der Waals surface area (Å²) in [7, 11) is 0. The van der Waals surface area contributed by atoms with Crippen molar-refractivity contribution < 1.29 is 9.18 Å². The Kier molecular flexibility index (Phi) is 3.69. The molecule has 1 N–H and O–H groups in total. The second kappa shape index (κ2) is 5.59. The Bertz CT molecular complexity index is 741. The maximum absolute atomic E-state index is 13.4. The van der Waals surface area contributed by atoms with Crippen LogP contribution < -0.4 is 5.32 Å². The highest BCUT2D eigenvalue weighted by Crippen LogP contribution is 2.18. The normalized spacial score (nSPS) is 9.35. The number of benzene rings is 1. The number of hydrogen-bond donors (Lipinski definition) is 1. The molecule has 0 aliphatic heterocycles. The second-order valence-electron chi connectivity index (χ2n) is 3.77. The average molecular weight is 266 g/mol. The molecule has 6 heteroatoms. The number of aromatic nitrogens is 1. The van der Waals surface area contributed by atoms with Gasteiger partial charge in [-0.25, -0.2) is 9.37 Å². The highest BCUT2D eigenvalue weighted by atomic mass is 19.1. The molecule has 2 aromatic rings. The largest absolute Gasteiger partial charge is 0.319 e. The van der Waals surface area contributed by atoms with Crippen molar-refractivity contribution in [3.05, 3.63) is 59.2 Å². The first-order chi connectivity index (χ1) is 9.65. The first-order valence-corrected chi connectivity index (χ1v) is 5.52. The Morgan fingerprint density at radius 1 is 1.20 bits per heavy atom. The average Bonchev–Trinajstić information content (AvgIpc) is 2.47. The Morgan fingerprint density at radius 3 is 2.60 bits per heavy atom. The van der Waals surface area contributed by atoms with Crippen molar-refractivity contribution in [2.24, 2.45) is 0 Å². The fourth-order valence-electron chi connectivity index (χ4n) is 1.52. The van der Waals surface area contributed by atoms with E-state index in [1.165, 1.54) is 30.5 Å². The molecule has 0 aliphatic carbocycles. The third-order valence-corrected chi connectivity index (χ3v) is 2.50. The number of carbonyl (C=O) groups excluding carboxylic acids is 1. The topological polar surface area (TPSA) is 89.6 Å². The molecule has 2 rings (SSSR count). The van der Waals surface area contributed by atoms with Crippen LogP contribution in [0.2, 0.25) is 0 Å². The summed E-state index contributed by atoms with van der Waals surface area (Å²) < 4.78 is 13.4. The van der Waals surface area contributed by atoms with Gasteiger partial charge in [-0.15, -0.1) is 0 Å². The number of nitriles is 2. The molecule has 1 aromatic carbocycles. The van der Waals surface area contributed by atoms with Crippen LogP contribution in [0.15, 0.2) is 36.5 Å². The number of pyridine rings is 1. The zero-order chi connectivity index (χ0) is 14.5. The minimum absolute atomic E-state index is 0.0668. The van der Waals surface area contributed by atoms with Gasteiger partial charge in [0, 0.05) is 6.20 Å². The van der Waals surface area contributed by atoms with Crippen LogP contribution in [-0.4, -0.2) is 10.9 Å². The molecule has 0 bridgehead atoms. The van der Waals surface area contributed by atoms with Gasteiger partial charge in [-0.2, -0.15) is 10.5 Å². The molecule has 20 heavy (non-hydrogen) atoms. The molecule has 0 radical (unpaired) electrons. The molecule has 0 atom stereocenters. The number of halogens is 1. The minimum Gasteiger partial charge on any atom is -0.319 e. The van der Waals surface area contributed by atoms with Gasteiger partial charge in [0.1, 0.15) is 29.2 Å². The van der Waals surface area contributed by atoms with Crippen LogP contribution in [0, 0.1) is 28.5 Å². The number of nitrogens with one attached hydrogen (secondary N) is 1. The van der Waals surface area contributed by atoms with Crippen LogP contribution >= 0.6 is 0 Å². The summed E-state index contributed by atoms with van der Waals surface area (Å²) in [6.07, 6.45) is 1.26. The standard InChI is InChI=1S/C14H7FN4O/c15-11-2-1-3-12(10(11)7-17)19-14(20)13-5-4-9(6-16)8-18-13/h1-5,8H,(H,19,20). The van der Waals surface area contributed by atoms with Crippen molar-refractivity contribution in [2.45, 2.75) is 0 Å². The third kappa shape index (κ3) is 2.60. The number of carbonyl (C=O) groups is 1. The predicted molar refractivity (Wildman–Crippen MR) is 68.0 cm³/mol. The quantitative estimate of drug-likeness (QED) is 0.902. The monoisotopic (exact) mass is 266 g/mol. The molecule has 5 nitrogen and oxygen atoms in total. The molecule has 1 amide bonds. The van der Waals surface area contributed by atoms with Gasteiger partial charge in [-0.1, -0.05) is 6.07 Å². The molecule has 0 saturated heterocycles. The maximum atomic E-state index is 13.4. The van der Waals surface area contributed by atoms with Crippen molar-refractivity contribution in [1.29, 1.82) is 10.5 Å². The summed E-state index contributed by atoms with van der Waals surface area (Å²) in [5.41, 5.74) is 0.223. The van der Waals surface area contributed by atoms with Gasteiger partial charge in [0.15, 0.2) is 0 Å². The molecule has 0 fully saturated rings. The summed E-state index contributed by atoms with van der Waals surface area (Å²) in [5.74, 6) is -1.30. The summed E-state index contributed by atoms with van der Waals surface area (Å²) in [6, 6.07) is 10.3. The summed E-state index contributed by atoms with van der Waals surface area (Å²) >= 11 is 0. The first kappa shape index (κ1) is 13.2. The Hall–Kier alpha value is -3.25. The molecule has 0 spiro atoms. The second-order valence-corrected chi connectivity index (χ2v) is 3.77. The lowest BCUT2D eigenvalue weighted by molar-refractivity contribution is 0.102. The fourth-order valence-corrected chi connectivity index (χ4v) is 1.52. The van der Waals surface area contributed by atoms with E-state index in [4.69, 9.17) is 10.5 Å². The SMILES string of the molecule is N#Cc1ccc(C(=O)Nc2cccc(F)c2C#N)nc1. The van der Waals surface area contributed by atoms with Gasteiger partial charge in [0.25, 0.3) is 5.91 Å². The molecular formula is C14H7FN4O. The van der Waals surface area contributed by atoms with E-state index in [-0.39, 0.29) is 16.9 Å². The van der Waals surface area contributed by atoms with Gasteiger partial charge in [-0.05, 0) is 24.3 Å². The Balaban J connectivity index is 2.26. The number of nitrogens with zero attached hydrogens (tertiary/aromatic N) is 3. The smallest absolute Gasteiger partial charge is 0.274 e. The highest BCUT2D eigenvalue weighted by molar-refractivity contribution is 6.03. The van der Waals surface area contributed by atoms with E-state index in [1.807, 2.05) is 6.07 Å². The van der Waals surface area contributed by atoms with E-state index in [2.05, 4.69) is 10.3 Å². The molecule has 1 heterocycles. The van der Waals surface area contributed by atoms with Crippen molar-refractivity contribution in [1.82, 2.24) is 4.98 Å². The van der Waals surface area contributed by atoms with Gasteiger partial charge < -0.3 is 5.32 Å². The number of amides is 1. The third-order valence-electron chi connectivity index (χ3n) is 2.50. The first-order valence-electron chi connectivity index (χ1n) is 5.52. The van der Waals surface area contributed by atoms with Crippen LogP contribution in [0.4, 0.5) is 10.1 Å². The predicted octanol–water partition coefficient (Wildman–Crippen LogP) is 2.22. The molecule has 1 aromatic heterocycles. The van der Waals surface area contributed by atoms with Crippen molar-refractivity contribution in [3.63, 3.8) is 0 Å². The molecule has 0 saturated carbocycles. The van der Waals surface area contributed by atoms with Crippen LogP contribution in [0.3, 0.4) is 0 Å². The van der Waals surface area contributed by atoms with E-state index in [0.29, 0.717) is 5.56 Å². The van der Waals surface area contributed by atoms with Crippen LogP contribution in [0.25, 0.3) is 0 Å².